The molecule has 1 heterocycles. The smallest absolute Gasteiger partial charge is 0.223 e. The fourth-order valence-electron chi connectivity index (χ4n) is 2.05. The predicted octanol–water partition coefficient (Wildman–Crippen LogP) is 3.52. The molecule has 3 nitrogen and oxygen atoms in total. The SMILES string of the molecule is CNCc1cccnc1Oc1cc(C)cc(C)c1C. The number of aromatic nitrogens is 1. The van der Waals surface area contributed by atoms with E-state index >= 15 is 0 Å². The second kappa shape index (κ2) is 5.85. The monoisotopic (exact) mass is 256 g/mol. The van der Waals surface area contributed by atoms with Crippen molar-refractivity contribution in [3.05, 3.63) is 52.7 Å². The molecule has 2 rings (SSSR count). The first-order chi connectivity index (χ1) is 9.11. The summed E-state index contributed by atoms with van der Waals surface area (Å²) in [6.07, 6.45) is 1.76. The van der Waals surface area contributed by atoms with Gasteiger partial charge in [-0.1, -0.05) is 12.1 Å². The first-order valence-electron chi connectivity index (χ1n) is 6.46. The molecule has 19 heavy (non-hydrogen) atoms. The molecule has 0 saturated carbocycles. The maximum atomic E-state index is 6.00. The second-order valence-corrected chi connectivity index (χ2v) is 4.81. The number of ether oxygens (including phenoxy) is 1. The van der Waals surface area contributed by atoms with E-state index < -0.39 is 0 Å². The molecule has 0 atom stereocenters. The largest absolute Gasteiger partial charge is 0.438 e. The molecule has 0 fully saturated rings. The van der Waals surface area contributed by atoms with Crippen molar-refractivity contribution in [3.63, 3.8) is 0 Å². The van der Waals surface area contributed by atoms with E-state index in [1.54, 1.807) is 6.20 Å². The molecule has 0 unspecified atom stereocenters. The van der Waals surface area contributed by atoms with E-state index in [2.05, 4.69) is 43.2 Å². The Bertz CT molecular complexity index is 579. The second-order valence-electron chi connectivity index (χ2n) is 4.81. The van der Waals surface area contributed by atoms with Crippen molar-refractivity contribution < 1.29 is 4.74 Å². The van der Waals surface area contributed by atoms with Crippen LogP contribution in [-0.4, -0.2) is 12.0 Å². The molecule has 0 bridgehead atoms. The lowest BCUT2D eigenvalue weighted by atomic mass is 10.1. The Balaban J connectivity index is 2.36. The maximum Gasteiger partial charge on any atom is 0.223 e. The van der Waals surface area contributed by atoms with Crippen molar-refractivity contribution in [1.29, 1.82) is 0 Å². The van der Waals surface area contributed by atoms with Crippen LogP contribution in [0.1, 0.15) is 22.3 Å². The van der Waals surface area contributed by atoms with Crippen molar-refractivity contribution in [2.24, 2.45) is 0 Å². The molecule has 0 aliphatic heterocycles. The van der Waals surface area contributed by atoms with Gasteiger partial charge in [0.15, 0.2) is 0 Å². The van der Waals surface area contributed by atoms with Gasteiger partial charge >= 0.3 is 0 Å². The average molecular weight is 256 g/mol. The molecule has 1 aromatic heterocycles. The van der Waals surface area contributed by atoms with Crippen LogP contribution in [0.15, 0.2) is 30.5 Å². The summed E-state index contributed by atoms with van der Waals surface area (Å²) < 4.78 is 6.00. The summed E-state index contributed by atoms with van der Waals surface area (Å²) in [5, 5.41) is 3.13. The van der Waals surface area contributed by atoms with Gasteiger partial charge in [-0.2, -0.15) is 0 Å². The van der Waals surface area contributed by atoms with Crippen molar-refractivity contribution in [2.45, 2.75) is 27.3 Å². The molecule has 0 saturated heterocycles. The first-order valence-corrected chi connectivity index (χ1v) is 6.46. The third-order valence-corrected chi connectivity index (χ3v) is 3.19. The number of benzene rings is 1. The molecule has 0 spiro atoms. The van der Waals surface area contributed by atoms with Gasteiger partial charge in [-0.3, -0.25) is 0 Å². The van der Waals surface area contributed by atoms with Gasteiger partial charge in [-0.25, -0.2) is 4.98 Å². The van der Waals surface area contributed by atoms with E-state index in [1.165, 1.54) is 11.1 Å². The number of rotatable bonds is 4. The van der Waals surface area contributed by atoms with Crippen LogP contribution in [-0.2, 0) is 6.54 Å². The summed E-state index contributed by atoms with van der Waals surface area (Å²) in [5.41, 5.74) is 4.65. The normalized spacial score (nSPS) is 10.5. The number of aryl methyl sites for hydroxylation is 2. The van der Waals surface area contributed by atoms with Crippen molar-refractivity contribution in [3.8, 4) is 11.6 Å². The molecule has 1 N–H and O–H groups in total. The third-order valence-electron chi connectivity index (χ3n) is 3.19. The Morgan fingerprint density at radius 3 is 2.74 bits per heavy atom. The highest BCUT2D eigenvalue weighted by molar-refractivity contribution is 5.44. The number of pyridine rings is 1. The van der Waals surface area contributed by atoms with E-state index in [4.69, 9.17) is 4.74 Å². The lowest BCUT2D eigenvalue weighted by Gasteiger charge is -2.13. The summed E-state index contributed by atoms with van der Waals surface area (Å²) in [4.78, 5) is 4.33. The Kier molecular flexibility index (Phi) is 4.17. The van der Waals surface area contributed by atoms with Crippen molar-refractivity contribution >= 4 is 0 Å². The van der Waals surface area contributed by atoms with Gasteiger partial charge in [-0.15, -0.1) is 0 Å². The lowest BCUT2D eigenvalue weighted by molar-refractivity contribution is 0.450. The fourth-order valence-corrected chi connectivity index (χ4v) is 2.05. The van der Waals surface area contributed by atoms with Crippen LogP contribution in [0.4, 0.5) is 0 Å². The van der Waals surface area contributed by atoms with Crippen LogP contribution in [0.5, 0.6) is 11.6 Å². The van der Waals surface area contributed by atoms with Crippen molar-refractivity contribution in [1.82, 2.24) is 10.3 Å². The minimum absolute atomic E-state index is 0.671. The number of nitrogens with one attached hydrogen (secondary N) is 1. The minimum Gasteiger partial charge on any atom is -0.438 e. The molecule has 1 aromatic carbocycles. The topological polar surface area (TPSA) is 34.2 Å². The zero-order valence-corrected chi connectivity index (χ0v) is 11.9. The number of hydrogen-bond acceptors (Lipinski definition) is 3. The Labute approximate surface area is 114 Å². The van der Waals surface area contributed by atoms with Crippen LogP contribution in [0.25, 0.3) is 0 Å². The Hall–Kier alpha value is -1.87. The van der Waals surface area contributed by atoms with E-state index in [9.17, 15) is 0 Å². The van der Waals surface area contributed by atoms with E-state index in [0.29, 0.717) is 5.88 Å². The molecule has 100 valence electrons. The highest BCUT2D eigenvalue weighted by Crippen LogP contribution is 2.29. The summed E-state index contributed by atoms with van der Waals surface area (Å²) in [5.74, 6) is 1.55. The van der Waals surface area contributed by atoms with E-state index in [0.717, 1.165) is 23.4 Å². The van der Waals surface area contributed by atoms with Crippen LogP contribution in [0.3, 0.4) is 0 Å². The third kappa shape index (κ3) is 3.12. The van der Waals surface area contributed by atoms with Gasteiger partial charge in [0.25, 0.3) is 0 Å². The Morgan fingerprint density at radius 2 is 2.00 bits per heavy atom. The zero-order valence-electron chi connectivity index (χ0n) is 11.9. The molecule has 0 aliphatic rings. The summed E-state index contributed by atoms with van der Waals surface area (Å²) in [6.45, 7) is 6.99. The summed E-state index contributed by atoms with van der Waals surface area (Å²) >= 11 is 0. The molecule has 0 radical (unpaired) electrons. The average Bonchev–Trinajstić information content (AvgIpc) is 2.38. The summed E-state index contributed by atoms with van der Waals surface area (Å²) in [6, 6.07) is 8.17. The van der Waals surface area contributed by atoms with Crippen LogP contribution in [0, 0.1) is 20.8 Å². The molecule has 2 aromatic rings. The quantitative estimate of drug-likeness (QED) is 0.908. The standard InChI is InChI=1S/C16H20N2O/c1-11-8-12(2)13(3)15(9-11)19-16-14(10-17-4)6-5-7-18-16/h5-9,17H,10H2,1-4H3. The highest BCUT2D eigenvalue weighted by atomic mass is 16.5. The van der Waals surface area contributed by atoms with Gasteiger partial charge in [0.1, 0.15) is 5.75 Å². The molecule has 0 aliphatic carbocycles. The van der Waals surface area contributed by atoms with Gasteiger partial charge in [0.2, 0.25) is 5.88 Å². The Morgan fingerprint density at radius 1 is 1.21 bits per heavy atom. The zero-order chi connectivity index (χ0) is 13.8. The van der Waals surface area contributed by atoms with Crippen LogP contribution in [0.2, 0.25) is 0 Å². The van der Waals surface area contributed by atoms with Gasteiger partial charge in [0.05, 0.1) is 0 Å². The molecular weight excluding hydrogens is 236 g/mol. The van der Waals surface area contributed by atoms with E-state index in [1.807, 2.05) is 19.2 Å². The summed E-state index contributed by atoms with van der Waals surface area (Å²) in [7, 11) is 1.92. The predicted molar refractivity (Wildman–Crippen MR) is 77.7 cm³/mol. The molecule has 3 heteroatoms. The first kappa shape index (κ1) is 13.6. The van der Waals surface area contributed by atoms with Gasteiger partial charge in [-0.05, 0) is 56.6 Å². The number of hydrogen-bond donors (Lipinski definition) is 1. The maximum absolute atomic E-state index is 6.00. The number of nitrogens with zero attached hydrogens (tertiary/aromatic N) is 1. The highest BCUT2D eigenvalue weighted by Gasteiger charge is 2.09. The lowest BCUT2D eigenvalue weighted by Crippen LogP contribution is -2.07. The van der Waals surface area contributed by atoms with Crippen LogP contribution < -0.4 is 10.1 Å². The van der Waals surface area contributed by atoms with Gasteiger partial charge < -0.3 is 10.1 Å². The van der Waals surface area contributed by atoms with Gasteiger partial charge in [0, 0.05) is 18.3 Å². The van der Waals surface area contributed by atoms with E-state index in [-0.39, 0.29) is 0 Å². The fraction of sp³-hybridized carbons (Fsp3) is 0.312. The van der Waals surface area contributed by atoms with Crippen molar-refractivity contribution in [2.75, 3.05) is 7.05 Å². The van der Waals surface area contributed by atoms with Crippen LogP contribution >= 0.6 is 0 Å². The molecule has 0 amide bonds. The minimum atomic E-state index is 0.671. The molecular formula is C16H20N2O.